The molecule has 2 amide bonds. The van der Waals surface area contributed by atoms with Crippen LogP contribution in [0, 0.1) is 17.3 Å². The van der Waals surface area contributed by atoms with Crippen molar-refractivity contribution in [1.82, 2.24) is 5.01 Å². The maximum atomic E-state index is 13.4. The van der Waals surface area contributed by atoms with Gasteiger partial charge in [0.25, 0.3) is 0 Å². The molecule has 0 bridgehead atoms. The molecule has 4 rings (SSSR count). The van der Waals surface area contributed by atoms with Gasteiger partial charge in [-0.3, -0.25) is 19.4 Å². The van der Waals surface area contributed by atoms with Crippen LogP contribution in [0.4, 0.5) is 5.69 Å². The number of hydrazone groups is 1. The molecule has 3 aliphatic rings. The summed E-state index contributed by atoms with van der Waals surface area (Å²) in [5, 5.41) is 6.58. The first-order valence-electron chi connectivity index (χ1n) is 8.98. The molecule has 146 valence electrons. The molecule has 2 saturated heterocycles. The summed E-state index contributed by atoms with van der Waals surface area (Å²) in [5.74, 6) is -2.40. The summed E-state index contributed by atoms with van der Waals surface area (Å²) in [4.78, 5) is 41.0. The fourth-order valence-electron chi connectivity index (χ4n) is 4.20. The van der Waals surface area contributed by atoms with Crippen molar-refractivity contribution >= 4 is 52.7 Å². The lowest BCUT2D eigenvalue weighted by Gasteiger charge is -2.33. The SMILES string of the molecule is CC(C)(C)C(=O)[C@@H]1[C@H]2C(=O)N(c3cc(Cl)cc(Cl)c3)C(=O)[C@@H]2[C@H]2C=CC=NN21. The lowest BCUT2D eigenvalue weighted by molar-refractivity contribution is -0.136. The lowest BCUT2D eigenvalue weighted by atomic mass is 9.80. The van der Waals surface area contributed by atoms with Crippen LogP contribution in [0.3, 0.4) is 0 Å². The number of carbonyl (C=O) groups excluding carboxylic acids is 3. The second kappa shape index (κ2) is 6.42. The maximum Gasteiger partial charge on any atom is 0.240 e. The number of benzene rings is 1. The molecule has 0 aromatic heterocycles. The summed E-state index contributed by atoms with van der Waals surface area (Å²) in [6.45, 7) is 5.41. The fourth-order valence-corrected chi connectivity index (χ4v) is 4.72. The van der Waals surface area contributed by atoms with Crippen LogP contribution in [0.15, 0.2) is 35.5 Å². The molecule has 0 N–H and O–H groups in total. The third-order valence-electron chi connectivity index (χ3n) is 5.40. The highest BCUT2D eigenvalue weighted by molar-refractivity contribution is 6.35. The van der Waals surface area contributed by atoms with Crippen molar-refractivity contribution in [2.45, 2.75) is 32.9 Å². The van der Waals surface area contributed by atoms with E-state index in [1.807, 2.05) is 6.08 Å². The Morgan fingerprint density at radius 2 is 1.64 bits per heavy atom. The Bertz CT molecular complexity index is 930. The third kappa shape index (κ3) is 2.78. The van der Waals surface area contributed by atoms with Gasteiger partial charge >= 0.3 is 0 Å². The minimum absolute atomic E-state index is 0.121. The van der Waals surface area contributed by atoms with Crippen LogP contribution in [0.5, 0.6) is 0 Å². The molecule has 0 aliphatic carbocycles. The van der Waals surface area contributed by atoms with E-state index in [1.54, 1.807) is 38.1 Å². The van der Waals surface area contributed by atoms with Gasteiger partial charge in [0.1, 0.15) is 6.04 Å². The molecule has 1 aromatic carbocycles. The number of fused-ring (bicyclic) bond motifs is 3. The van der Waals surface area contributed by atoms with Crippen molar-refractivity contribution in [2.75, 3.05) is 4.90 Å². The molecule has 0 saturated carbocycles. The Morgan fingerprint density at radius 3 is 2.25 bits per heavy atom. The topological polar surface area (TPSA) is 70.0 Å². The standard InChI is InChI=1S/C20H19Cl2N3O3/c1-20(2,3)17(26)16-15-14(13-5-4-6-23-25(13)16)18(27)24(19(15)28)12-8-10(21)7-11(22)9-12/h4-9,13-16H,1-3H3/t13-,14-,15+,16+/m1/s1. The normalized spacial score (nSPS) is 28.8. The fraction of sp³-hybridized carbons (Fsp3) is 0.400. The van der Waals surface area contributed by atoms with E-state index in [4.69, 9.17) is 23.2 Å². The van der Waals surface area contributed by atoms with Crippen molar-refractivity contribution < 1.29 is 14.4 Å². The second-order valence-corrected chi connectivity index (χ2v) is 9.14. The predicted molar refractivity (Wildman–Crippen MR) is 107 cm³/mol. The van der Waals surface area contributed by atoms with Gasteiger partial charge < -0.3 is 0 Å². The Balaban J connectivity index is 1.81. The van der Waals surface area contributed by atoms with E-state index in [9.17, 15) is 14.4 Å². The van der Waals surface area contributed by atoms with Gasteiger partial charge in [0, 0.05) is 21.7 Å². The maximum absolute atomic E-state index is 13.4. The summed E-state index contributed by atoms with van der Waals surface area (Å²) < 4.78 is 0. The summed E-state index contributed by atoms with van der Waals surface area (Å²) in [6, 6.07) is 3.34. The van der Waals surface area contributed by atoms with E-state index >= 15 is 0 Å². The molecule has 3 heterocycles. The first-order chi connectivity index (χ1) is 13.1. The van der Waals surface area contributed by atoms with E-state index in [2.05, 4.69) is 5.10 Å². The zero-order valence-electron chi connectivity index (χ0n) is 15.6. The average molecular weight is 420 g/mol. The van der Waals surface area contributed by atoms with Crippen molar-refractivity contribution in [3.05, 3.63) is 40.4 Å². The van der Waals surface area contributed by atoms with Crippen LogP contribution < -0.4 is 4.90 Å². The van der Waals surface area contributed by atoms with Crippen molar-refractivity contribution in [3.63, 3.8) is 0 Å². The van der Waals surface area contributed by atoms with Gasteiger partial charge in [-0.2, -0.15) is 5.10 Å². The largest absolute Gasteiger partial charge is 0.297 e. The van der Waals surface area contributed by atoms with Crippen LogP contribution in [-0.4, -0.2) is 40.9 Å². The molecule has 4 atom stereocenters. The van der Waals surface area contributed by atoms with Gasteiger partial charge in [-0.05, 0) is 24.3 Å². The average Bonchev–Trinajstić information content (AvgIpc) is 3.06. The van der Waals surface area contributed by atoms with Gasteiger partial charge in [-0.25, -0.2) is 4.90 Å². The number of nitrogens with zero attached hydrogens (tertiary/aromatic N) is 3. The number of Topliss-reactive ketones (excluding diaryl/α,β-unsaturated/α-hetero) is 1. The van der Waals surface area contributed by atoms with Gasteiger partial charge in [-0.1, -0.05) is 50.0 Å². The number of anilines is 1. The Labute approximate surface area is 172 Å². The Kier molecular flexibility index (Phi) is 4.39. The van der Waals surface area contributed by atoms with Crippen LogP contribution in [0.2, 0.25) is 10.0 Å². The molecule has 0 spiro atoms. The molecule has 8 heteroatoms. The molecule has 28 heavy (non-hydrogen) atoms. The van der Waals surface area contributed by atoms with E-state index < -0.39 is 35.2 Å². The molecular weight excluding hydrogens is 401 g/mol. The van der Waals surface area contributed by atoms with Crippen LogP contribution in [0.1, 0.15) is 20.8 Å². The number of carbonyl (C=O) groups is 3. The van der Waals surface area contributed by atoms with E-state index in [0.29, 0.717) is 15.7 Å². The first-order valence-corrected chi connectivity index (χ1v) is 9.74. The predicted octanol–water partition coefficient (Wildman–Crippen LogP) is 3.32. The molecule has 0 radical (unpaired) electrons. The molecular formula is C20H19Cl2N3O3. The van der Waals surface area contributed by atoms with E-state index in [1.165, 1.54) is 18.2 Å². The quantitative estimate of drug-likeness (QED) is 0.689. The smallest absolute Gasteiger partial charge is 0.240 e. The highest BCUT2D eigenvalue weighted by Crippen LogP contribution is 2.47. The number of halogens is 2. The number of ketones is 1. The minimum atomic E-state index is -0.804. The van der Waals surface area contributed by atoms with Gasteiger partial charge in [0.2, 0.25) is 11.8 Å². The molecule has 0 unspecified atom stereocenters. The summed E-state index contributed by atoms with van der Waals surface area (Å²) in [5.41, 5.74) is -0.365. The van der Waals surface area contributed by atoms with Gasteiger partial charge in [-0.15, -0.1) is 0 Å². The van der Waals surface area contributed by atoms with Gasteiger partial charge in [0.15, 0.2) is 5.78 Å². The van der Waals surface area contributed by atoms with Crippen LogP contribution in [0.25, 0.3) is 0 Å². The number of amides is 2. The van der Waals surface area contributed by atoms with E-state index in [-0.39, 0.29) is 11.7 Å². The Hall–Kier alpha value is -2.18. The molecule has 2 fully saturated rings. The van der Waals surface area contributed by atoms with Crippen molar-refractivity contribution in [2.24, 2.45) is 22.4 Å². The van der Waals surface area contributed by atoms with Crippen LogP contribution >= 0.6 is 23.2 Å². The van der Waals surface area contributed by atoms with Gasteiger partial charge in [0.05, 0.1) is 23.6 Å². The molecule has 6 nitrogen and oxygen atoms in total. The summed E-state index contributed by atoms with van der Waals surface area (Å²) >= 11 is 12.1. The molecule has 1 aromatic rings. The first kappa shape index (κ1) is 19.2. The van der Waals surface area contributed by atoms with Crippen molar-refractivity contribution in [3.8, 4) is 0 Å². The highest BCUT2D eigenvalue weighted by atomic mass is 35.5. The number of imide groups is 1. The third-order valence-corrected chi connectivity index (χ3v) is 5.84. The monoisotopic (exact) mass is 419 g/mol. The zero-order valence-corrected chi connectivity index (χ0v) is 17.1. The minimum Gasteiger partial charge on any atom is -0.297 e. The van der Waals surface area contributed by atoms with Crippen LogP contribution in [-0.2, 0) is 14.4 Å². The lowest BCUT2D eigenvalue weighted by Crippen LogP contribution is -2.49. The molecule has 3 aliphatic heterocycles. The highest BCUT2D eigenvalue weighted by Gasteiger charge is 2.64. The Morgan fingerprint density at radius 1 is 1.04 bits per heavy atom. The van der Waals surface area contributed by atoms with Crippen molar-refractivity contribution in [1.29, 1.82) is 0 Å². The number of hydrogen-bond acceptors (Lipinski definition) is 5. The second-order valence-electron chi connectivity index (χ2n) is 8.27. The summed E-state index contributed by atoms with van der Waals surface area (Å²) in [7, 11) is 0. The number of hydrogen-bond donors (Lipinski definition) is 0. The summed E-state index contributed by atoms with van der Waals surface area (Å²) in [6.07, 6.45) is 5.13. The zero-order chi connectivity index (χ0) is 20.4. The number of allylic oxidation sites excluding steroid dienone is 1. The number of rotatable bonds is 2. The van der Waals surface area contributed by atoms with E-state index in [0.717, 1.165) is 4.90 Å².